The summed E-state index contributed by atoms with van der Waals surface area (Å²) < 4.78 is 14.3. The second kappa shape index (κ2) is 9.69. The van der Waals surface area contributed by atoms with E-state index in [0.717, 1.165) is 19.3 Å². The molecule has 1 aromatic carbocycles. The summed E-state index contributed by atoms with van der Waals surface area (Å²) in [7, 11) is 0. The summed E-state index contributed by atoms with van der Waals surface area (Å²) in [6.45, 7) is 1.61. The zero-order chi connectivity index (χ0) is 16.4. The first-order chi connectivity index (χ1) is 10.5. The van der Waals surface area contributed by atoms with Gasteiger partial charge in [0.1, 0.15) is 5.75 Å². The summed E-state index contributed by atoms with van der Waals surface area (Å²) in [6.07, 6.45) is 1.31. The number of nitrogens with zero attached hydrogens (tertiary/aromatic N) is 1. The van der Waals surface area contributed by atoms with Gasteiger partial charge in [0, 0.05) is 12.1 Å². The van der Waals surface area contributed by atoms with Crippen LogP contribution in [0, 0.1) is 10.1 Å². The van der Waals surface area contributed by atoms with Gasteiger partial charge in [-0.15, -0.1) is 0 Å². The third-order valence-electron chi connectivity index (χ3n) is 2.74. The minimum absolute atomic E-state index is 0.110. The Bertz CT molecular complexity index is 475. The van der Waals surface area contributed by atoms with Gasteiger partial charge in [-0.25, -0.2) is 4.79 Å². The van der Waals surface area contributed by atoms with Crippen LogP contribution in [0.5, 0.6) is 5.75 Å². The molecule has 0 aliphatic heterocycles. The second-order valence-electron chi connectivity index (χ2n) is 4.48. The Morgan fingerprint density at radius 1 is 1.32 bits per heavy atom. The van der Waals surface area contributed by atoms with Gasteiger partial charge in [-0.1, -0.05) is 19.8 Å². The van der Waals surface area contributed by atoms with Gasteiger partial charge in [0.2, 0.25) is 0 Å². The highest BCUT2D eigenvalue weighted by atomic mass is 16.8. The van der Waals surface area contributed by atoms with Crippen LogP contribution in [0.1, 0.15) is 32.6 Å². The number of benzene rings is 1. The van der Waals surface area contributed by atoms with Crippen molar-refractivity contribution in [2.75, 3.05) is 6.79 Å². The van der Waals surface area contributed by atoms with Crippen molar-refractivity contribution in [2.24, 2.45) is 0 Å². The molecule has 0 radical (unpaired) electrons. The van der Waals surface area contributed by atoms with Crippen LogP contribution in [-0.4, -0.2) is 29.3 Å². The van der Waals surface area contributed by atoms with Crippen LogP contribution in [0.3, 0.4) is 0 Å². The van der Waals surface area contributed by atoms with Gasteiger partial charge in [-0.05, 0) is 25.0 Å². The maximum absolute atomic E-state index is 11.3. The molecule has 0 heterocycles. The van der Waals surface area contributed by atoms with Crippen LogP contribution in [0.4, 0.5) is 10.5 Å². The highest BCUT2D eigenvalue weighted by Crippen LogP contribution is 2.17. The minimum Gasteiger partial charge on any atom is -0.407 e. The summed E-state index contributed by atoms with van der Waals surface area (Å²) in [4.78, 5) is 21.2. The van der Waals surface area contributed by atoms with Gasteiger partial charge in [-0.3, -0.25) is 10.1 Å². The minimum atomic E-state index is -1.02. The lowest BCUT2D eigenvalue weighted by atomic mass is 10.2. The van der Waals surface area contributed by atoms with E-state index >= 15 is 0 Å². The zero-order valence-corrected chi connectivity index (χ0v) is 12.3. The molecule has 0 aliphatic carbocycles. The lowest BCUT2D eigenvalue weighted by Crippen LogP contribution is -2.18. The van der Waals surface area contributed by atoms with Crippen LogP contribution >= 0.6 is 0 Å². The zero-order valence-electron chi connectivity index (χ0n) is 12.3. The maximum atomic E-state index is 11.3. The van der Waals surface area contributed by atoms with Gasteiger partial charge < -0.3 is 19.3 Å². The van der Waals surface area contributed by atoms with Crippen molar-refractivity contribution < 1.29 is 29.0 Å². The van der Waals surface area contributed by atoms with Gasteiger partial charge in [0.25, 0.3) is 5.69 Å². The Kier molecular flexibility index (Phi) is 7.87. The van der Waals surface area contributed by atoms with E-state index in [1.807, 2.05) is 6.92 Å². The van der Waals surface area contributed by atoms with E-state index in [1.165, 1.54) is 24.3 Å². The van der Waals surface area contributed by atoms with Crippen LogP contribution < -0.4 is 4.74 Å². The lowest BCUT2D eigenvalue weighted by molar-refractivity contribution is -0.384. The van der Waals surface area contributed by atoms with Crippen LogP contribution in [0.15, 0.2) is 24.3 Å². The van der Waals surface area contributed by atoms with E-state index < -0.39 is 24.2 Å². The second-order valence-corrected chi connectivity index (χ2v) is 4.48. The van der Waals surface area contributed by atoms with Crippen molar-refractivity contribution >= 4 is 11.8 Å². The van der Waals surface area contributed by atoms with Gasteiger partial charge in [0.05, 0.1) is 4.92 Å². The number of aliphatic hydroxyl groups is 1. The molecule has 1 atom stereocenters. The summed E-state index contributed by atoms with van der Waals surface area (Å²) in [6, 6.07) is 4.97. The molecular weight excluding hydrogens is 294 g/mol. The first kappa shape index (κ1) is 17.9. The standard InChI is InChI=1S/C14H19NO7/c1-2-3-4-5-13(16)20-10-21-14(17)22-12-8-6-11(7-9-12)15(18)19/h6-9,13,16H,2-5,10H2,1H3. The molecular formula is C14H19NO7. The Labute approximate surface area is 127 Å². The van der Waals surface area contributed by atoms with Crippen molar-refractivity contribution in [3.63, 3.8) is 0 Å². The Balaban J connectivity index is 2.24. The number of ether oxygens (including phenoxy) is 3. The summed E-state index contributed by atoms with van der Waals surface area (Å²) in [5.74, 6) is 0.110. The molecule has 0 spiro atoms. The number of hydrogen-bond donors (Lipinski definition) is 1. The molecule has 22 heavy (non-hydrogen) atoms. The molecule has 1 aromatic rings. The number of rotatable bonds is 9. The molecule has 0 saturated carbocycles. The van der Waals surface area contributed by atoms with Gasteiger partial charge in [0.15, 0.2) is 13.1 Å². The fourth-order valence-electron chi connectivity index (χ4n) is 1.57. The van der Waals surface area contributed by atoms with Crippen molar-refractivity contribution in [2.45, 2.75) is 38.9 Å². The number of hydrogen-bond acceptors (Lipinski definition) is 7. The molecule has 122 valence electrons. The number of nitro benzene ring substituents is 1. The Hall–Kier alpha value is -2.19. The van der Waals surface area contributed by atoms with Crippen molar-refractivity contribution in [1.82, 2.24) is 0 Å². The van der Waals surface area contributed by atoms with Gasteiger partial charge in [-0.2, -0.15) is 0 Å². The van der Waals surface area contributed by atoms with E-state index in [1.54, 1.807) is 0 Å². The molecule has 0 bridgehead atoms. The topological polar surface area (TPSA) is 108 Å². The SMILES string of the molecule is CCCCCC(O)OCOC(=O)Oc1ccc([N+](=O)[O-])cc1. The number of non-ortho nitro benzene ring substituents is 1. The average Bonchev–Trinajstić information content (AvgIpc) is 2.48. The summed E-state index contributed by atoms with van der Waals surface area (Å²) in [5.41, 5.74) is -0.112. The molecule has 1 N–H and O–H groups in total. The Morgan fingerprint density at radius 3 is 2.59 bits per heavy atom. The number of carbonyl (C=O) groups excluding carboxylic acids is 1. The van der Waals surface area contributed by atoms with E-state index in [4.69, 9.17) is 9.47 Å². The quantitative estimate of drug-likeness (QED) is 0.186. The average molecular weight is 313 g/mol. The van der Waals surface area contributed by atoms with E-state index in [0.29, 0.717) is 6.42 Å². The predicted molar refractivity (Wildman–Crippen MR) is 76.3 cm³/mol. The lowest BCUT2D eigenvalue weighted by Gasteiger charge is -2.11. The molecule has 1 rings (SSSR count). The highest BCUT2D eigenvalue weighted by molar-refractivity contribution is 5.63. The summed E-state index contributed by atoms with van der Waals surface area (Å²) >= 11 is 0. The normalized spacial score (nSPS) is 11.7. The predicted octanol–water partition coefficient (Wildman–Crippen LogP) is 2.98. The van der Waals surface area contributed by atoms with E-state index in [9.17, 15) is 20.0 Å². The van der Waals surface area contributed by atoms with Crippen molar-refractivity contribution in [3.8, 4) is 5.75 Å². The Morgan fingerprint density at radius 2 is 2.00 bits per heavy atom. The van der Waals surface area contributed by atoms with Gasteiger partial charge >= 0.3 is 6.16 Å². The number of nitro groups is 1. The van der Waals surface area contributed by atoms with Crippen LogP contribution in [-0.2, 0) is 9.47 Å². The maximum Gasteiger partial charge on any atom is 0.515 e. The first-order valence-electron chi connectivity index (χ1n) is 6.91. The van der Waals surface area contributed by atoms with Crippen molar-refractivity contribution in [3.05, 3.63) is 34.4 Å². The van der Waals surface area contributed by atoms with Crippen LogP contribution in [0.2, 0.25) is 0 Å². The number of unbranched alkanes of at least 4 members (excludes halogenated alkanes) is 2. The monoisotopic (exact) mass is 313 g/mol. The molecule has 8 heteroatoms. The number of carbonyl (C=O) groups is 1. The molecule has 0 aromatic heterocycles. The third kappa shape index (κ3) is 7.00. The van der Waals surface area contributed by atoms with E-state index in [2.05, 4.69) is 4.74 Å². The molecule has 8 nitrogen and oxygen atoms in total. The fourth-order valence-corrected chi connectivity index (χ4v) is 1.57. The largest absolute Gasteiger partial charge is 0.515 e. The van der Waals surface area contributed by atoms with Crippen molar-refractivity contribution in [1.29, 1.82) is 0 Å². The third-order valence-corrected chi connectivity index (χ3v) is 2.74. The van der Waals surface area contributed by atoms with E-state index in [-0.39, 0.29) is 11.4 Å². The fraction of sp³-hybridized carbons (Fsp3) is 0.500. The summed E-state index contributed by atoms with van der Waals surface area (Å²) in [5, 5.41) is 19.9. The first-order valence-corrected chi connectivity index (χ1v) is 6.91. The highest BCUT2D eigenvalue weighted by Gasteiger charge is 2.10. The number of aliphatic hydroxyl groups excluding tert-OH is 1. The molecule has 0 saturated heterocycles. The van der Waals surface area contributed by atoms with Crippen LogP contribution in [0.25, 0.3) is 0 Å². The molecule has 1 unspecified atom stereocenters. The smallest absolute Gasteiger partial charge is 0.407 e. The molecule has 0 aliphatic rings. The molecule has 0 fully saturated rings. The molecule has 0 amide bonds.